The molecule has 0 N–H and O–H groups in total. The van der Waals surface area contributed by atoms with Crippen molar-refractivity contribution in [3.05, 3.63) is 12.2 Å². The summed E-state index contributed by atoms with van der Waals surface area (Å²) < 4.78 is 0. The number of hydrogen-bond donors (Lipinski definition) is 0. The van der Waals surface area contributed by atoms with E-state index < -0.39 is 13.5 Å². The molecule has 0 nitrogen and oxygen atoms in total. The van der Waals surface area contributed by atoms with Gasteiger partial charge < -0.3 is 0 Å². The summed E-state index contributed by atoms with van der Waals surface area (Å²) in [6, 6.07) is 0. The SMILES string of the molecule is [B]P(#B)P(#P)[C@@H]1/C=C\CCCCC1. The van der Waals surface area contributed by atoms with Gasteiger partial charge in [0.1, 0.15) is 0 Å². The standard InChI is InChI=1S/C8H13B2P3/c9-13(10)12(11)8-6-4-2-1-3-5-7-8/h4,6,8H,1-3,5,7H2/b6-4-/t8-/m1/s1. The van der Waals surface area contributed by atoms with Gasteiger partial charge in [-0.05, 0) is 0 Å². The van der Waals surface area contributed by atoms with Crippen molar-refractivity contribution >= 4 is 36.4 Å². The van der Waals surface area contributed by atoms with Gasteiger partial charge in [0, 0.05) is 0 Å². The van der Waals surface area contributed by atoms with Gasteiger partial charge in [0.2, 0.25) is 0 Å². The van der Waals surface area contributed by atoms with Gasteiger partial charge in [0.05, 0.1) is 0 Å². The fourth-order valence-corrected chi connectivity index (χ4v) is 4.72. The third kappa shape index (κ3) is 4.29. The van der Waals surface area contributed by atoms with E-state index in [1.165, 1.54) is 32.1 Å². The van der Waals surface area contributed by atoms with Gasteiger partial charge in [-0.25, -0.2) is 0 Å². The van der Waals surface area contributed by atoms with E-state index in [2.05, 4.69) is 20.5 Å². The van der Waals surface area contributed by atoms with Crippen molar-refractivity contribution in [1.82, 2.24) is 0 Å². The minimum absolute atomic E-state index is 0.459. The maximum atomic E-state index is 5.72. The first kappa shape index (κ1) is 12.0. The molecule has 0 aromatic rings. The molecule has 66 valence electrons. The summed E-state index contributed by atoms with van der Waals surface area (Å²) >= 11 is 0. The topological polar surface area (TPSA) is 0 Å². The summed E-state index contributed by atoms with van der Waals surface area (Å²) in [5, 5.41) is 0. The van der Waals surface area contributed by atoms with Gasteiger partial charge in [-0.3, -0.25) is 0 Å². The first-order valence-electron chi connectivity index (χ1n) is 4.66. The maximum absolute atomic E-state index is 5.72. The Morgan fingerprint density at radius 2 is 2.08 bits per heavy atom. The molecule has 0 fully saturated rings. The Bertz CT molecular complexity index is 318. The number of rotatable bonds is 0. The van der Waals surface area contributed by atoms with E-state index in [1.807, 2.05) is 0 Å². The first-order valence-corrected chi connectivity index (χ1v) is 9.41. The molecular weight excluding hydrogens is 211 g/mol. The second kappa shape index (κ2) is 6.40. The van der Waals surface area contributed by atoms with Crippen LogP contribution in [0.5, 0.6) is 0 Å². The average molecular weight is 224 g/mol. The van der Waals surface area contributed by atoms with Crippen LogP contribution in [0, 0.1) is 0 Å². The van der Waals surface area contributed by atoms with E-state index in [0.717, 1.165) is 0 Å². The molecule has 0 saturated carbocycles. The third-order valence-electron chi connectivity index (χ3n) is 2.26. The van der Waals surface area contributed by atoms with Crippen LogP contribution in [-0.4, -0.2) is 20.2 Å². The summed E-state index contributed by atoms with van der Waals surface area (Å²) in [4.78, 5) is 0. The van der Waals surface area contributed by atoms with Gasteiger partial charge in [-0.1, -0.05) is 0 Å². The van der Waals surface area contributed by atoms with E-state index in [9.17, 15) is 0 Å². The molecule has 2 unspecified atom stereocenters. The van der Waals surface area contributed by atoms with Crippen LogP contribution in [0.3, 0.4) is 0 Å². The zero-order valence-electron chi connectivity index (χ0n) is 7.76. The summed E-state index contributed by atoms with van der Waals surface area (Å²) in [7, 11) is 16.0. The van der Waals surface area contributed by atoms with Gasteiger partial charge in [0.15, 0.2) is 0 Å². The second-order valence-corrected chi connectivity index (χ2v) is 10.3. The van der Waals surface area contributed by atoms with E-state index in [-0.39, 0.29) is 0 Å². The van der Waals surface area contributed by atoms with Crippen LogP contribution in [0.4, 0.5) is 0 Å². The Hall–Kier alpha value is 0.900. The van der Waals surface area contributed by atoms with Crippen LogP contribution in [-0.2, 0) is 0 Å². The van der Waals surface area contributed by atoms with E-state index >= 15 is 0 Å². The number of allylic oxidation sites excluding steroid dienone is 2. The van der Waals surface area contributed by atoms with Crippen LogP contribution < -0.4 is 0 Å². The Morgan fingerprint density at radius 3 is 2.77 bits per heavy atom. The molecule has 5 heteroatoms. The molecular formula is C8H13B2P3. The monoisotopic (exact) mass is 224 g/mol. The molecule has 0 bridgehead atoms. The van der Waals surface area contributed by atoms with E-state index in [1.54, 1.807) is 0 Å². The molecule has 0 spiro atoms. The molecule has 0 aromatic carbocycles. The molecule has 1 aliphatic rings. The molecule has 13 heavy (non-hydrogen) atoms. The third-order valence-corrected chi connectivity index (χ3v) is 8.82. The molecule has 0 aromatic heterocycles. The van der Waals surface area contributed by atoms with Crippen LogP contribution in [0.2, 0.25) is 0 Å². The predicted molar refractivity (Wildman–Crippen MR) is 68.3 cm³/mol. The van der Waals surface area contributed by atoms with E-state index in [0.29, 0.717) is 5.66 Å². The second-order valence-electron chi connectivity index (χ2n) is 3.33. The normalized spacial score (nSPS) is 28.5. The minimum atomic E-state index is -0.827. The predicted octanol–water partition coefficient (Wildman–Crippen LogP) is 4.25. The summed E-state index contributed by atoms with van der Waals surface area (Å²) in [6.07, 6.45) is 11.0. The summed E-state index contributed by atoms with van der Waals surface area (Å²) in [5.41, 5.74) is 0.555. The first-order chi connectivity index (χ1) is 6.22. The molecule has 3 atom stereocenters. The molecule has 1 rings (SSSR count). The van der Waals surface area contributed by atoms with Crippen molar-refractivity contribution in [2.24, 2.45) is 0 Å². The molecule has 1 aliphatic carbocycles. The Kier molecular flexibility index (Phi) is 5.89. The molecule has 0 heterocycles. The molecule has 2 radical (unpaired) electrons. The zero-order valence-corrected chi connectivity index (χ0v) is 10.4. The number of hydrogen-bond acceptors (Lipinski definition) is 0. The van der Waals surface area contributed by atoms with Crippen LogP contribution in [0.1, 0.15) is 32.1 Å². The van der Waals surface area contributed by atoms with Gasteiger partial charge in [-0.2, -0.15) is 0 Å². The van der Waals surface area contributed by atoms with E-state index in [4.69, 9.17) is 14.6 Å². The van der Waals surface area contributed by atoms with Crippen LogP contribution >= 0.6 is 21.9 Å². The average Bonchev–Trinajstić information content (AvgIpc) is 2.02. The van der Waals surface area contributed by atoms with Gasteiger partial charge >= 0.3 is 86.3 Å². The van der Waals surface area contributed by atoms with Crippen LogP contribution in [0.25, 0.3) is 0 Å². The molecule has 0 aliphatic heterocycles. The Labute approximate surface area is 86.6 Å². The molecule has 0 saturated heterocycles. The Balaban J connectivity index is 2.63. The fraction of sp³-hybridized carbons (Fsp3) is 0.750. The van der Waals surface area contributed by atoms with Crippen molar-refractivity contribution in [3.63, 3.8) is 0 Å². The Morgan fingerprint density at radius 1 is 1.31 bits per heavy atom. The quantitative estimate of drug-likeness (QED) is 0.327. The fourth-order valence-electron chi connectivity index (χ4n) is 1.51. The summed E-state index contributed by atoms with van der Waals surface area (Å²) in [5.74, 6) is 0. The van der Waals surface area contributed by atoms with Crippen molar-refractivity contribution in [2.45, 2.75) is 37.8 Å². The molecule has 0 amide bonds. The van der Waals surface area contributed by atoms with Gasteiger partial charge in [0.25, 0.3) is 0 Å². The van der Waals surface area contributed by atoms with Crippen molar-refractivity contribution in [1.29, 1.82) is 0 Å². The van der Waals surface area contributed by atoms with Crippen LogP contribution in [0.15, 0.2) is 12.2 Å². The summed E-state index contributed by atoms with van der Waals surface area (Å²) in [6.45, 7) is -1.29. The van der Waals surface area contributed by atoms with Crippen molar-refractivity contribution < 1.29 is 0 Å². The van der Waals surface area contributed by atoms with Crippen molar-refractivity contribution in [2.75, 3.05) is 0 Å². The van der Waals surface area contributed by atoms with Crippen molar-refractivity contribution in [3.8, 4) is 0 Å². The van der Waals surface area contributed by atoms with Gasteiger partial charge in [-0.15, -0.1) is 0 Å². The zero-order chi connectivity index (χ0) is 9.68.